The van der Waals surface area contributed by atoms with Gasteiger partial charge in [-0.1, -0.05) is 107 Å². The van der Waals surface area contributed by atoms with E-state index in [4.69, 9.17) is 0 Å². The van der Waals surface area contributed by atoms with Crippen molar-refractivity contribution in [3.8, 4) is 11.1 Å². The molecule has 4 nitrogen and oxygen atoms in total. The fourth-order valence-electron chi connectivity index (χ4n) is 6.95. The molecule has 0 saturated heterocycles. The van der Waals surface area contributed by atoms with E-state index in [9.17, 15) is 10.1 Å². The van der Waals surface area contributed by atoms with Gasteiger partial charge in [0.25, 0.3) is 5.69 Å². The highest BCUT2D eigenvalue weighted by atomic mass is 16.6. The topological polar surface area (TPSA) is 48.1 Å². The Morgan fingerprint density at radius 1 is 0.732 bits per heavy atom. The van der Waals surface area contributed by atoms with Gasteiger partial charge in [-0.25, -0.2) is 0 Å². The second kappa shape index (κ2) is 9.04. The average molecular weight is 539 g/mol. The van der Waals surface area contributed by atoms with E-state index in [1.165, 1.54) is 32.8 Å². The summed E-state index contributed by atoms with van der Waals surface area (Å²) < 4.78 is 2.39. The summed E-state index contributed by atoms with van der Waals surface area (Å²) in [6.07, 6.45) is 2.07. The molecule has 0 fully saturated rings. The molecule has 1 aliphatic carbocycles. The van der Waals surface area contributed by atoms with E-state index < -0.39 is 0 Å². The minimum absolute atomic E-state index is 0.0417. The van der Waals surface area contributed by atoms with Crippen LogP contribution in [0.25, 0.3) is 43.7 Å². The van der Waals surface area contributed by atoms with Crippen molar-refractivity contribution < 1.29 is 4.92 Å². The van der Waals surface area contributed by atoms with Crippen LogP contribution in [0.2, 0.25) is 0 Å². The highest BCUT2D eigenvalue weighted by molar-refractivity contribution is 6.18. The molecule has 204 valence electrons. The highest BCUT2D eigenvalue weighted by Crippen LogP contribution is 2.49. The molecule has 0 N–H and O–H groups in total. The maximum absolute atomic E-state index is 12.5. The molecule has 0 amide bonds. The van der Waals surface area contributed by atoms with E-state index in [0.29, 0.717) is 12.1 Å². The van der Waals surface area contributed by atoms with Crippen LogP contribution in [0.3, 0.4) is 0 Å². The molecule has 0 radical (unpaired) electrons. The van der Waals surface area contributed by atoms with Gasteiger partial charge in [0.1, 0.15) is 0 Å². The quantitative estimate of drug-likeness (QED) is 0.166. The van der Waals surface area contributed by atoms with Crippen LogP contribution in [0.1, 0.15) is 57.2 Å². The molecule has 41 heavy (non-hydrogen) atoms. The SMILES string of the molecule is CC1(C)CCC(C)(C)c2cc([N+](=O)[O-])c(-c3ccc4c5ccc6ccccc6c5n(Cc5ccccc5)c4c3)cc21. The summed E-state index contributed by atoms with van der Waals surface area (Å²) in [6.45, 7) is 9.67. The van der Waals surface area contributed by atoms with Crippen LogP contribution in [0.5, 0.6) is 0 Å². The Morgan fingerprint density at radius 3 is 2.12 bits per heavy atom. The first kappa shape index (κ1) is 25.5. The number of nitrogens with zero attached hydrogens (tertiary/aromatic N) is 2. The Balaban J connectivity index is 1.53. The smallest absolute Gasteiger partial charge is 0.277 e. The summed E-state index contributed by atoms with van der Waals surface area (Å²) >= 11 is 0. The Kier molecular flexibility index (Phi) is 5.62. The van der Waals surface area contributed by atoms with Crippen molar-refractivity contribution in [3.05, 3.63) is 124 Å². The van der Waals surface area contributed by atoms with Crippen LogP contribution >= 0.6 is 0 Å². The predicted molar refractivity (Wildman–Crippen MR) is 170 cm³/mol. The number of hydrogen-bond acceptors (Lipinski definition) is 2. The second-order valence-electron chi connectivity index (χ2n) is 12.9. The third-order valence-corrected chi connectivity index (χ3v) is 9.41. The summed E-state index contributed by atoms with van der Waals surface area (Å²) in [6, 6.07) is 33.8. The summed E-state index contributed by atoms with van der Waals surface area (Å²) in [5.74, 6) is 0. The molecule has 0 unspecified atom stereocenters. The van der Waals surface area contributed by atoms with Crippen LogP contribution in [0.15, 0.2) is 97.1 Å². The molecule has 0 saturated carbocycles. The standard InChI is InChI=1S/C37H34N2O2/c1-36(2)18-19-37(3,4)32-22-34(39(40)41)30(21-31(32)36)26-15-16-28-29-17-14-25-12-8-9-13-27(25)35(29)38(33(28)20-26)23-24-10-6-5-7-11-24/h5-17,20-22H,18-19,23H2,1-4H3. The maximum atomic E-state index is 12.5. The largest absolute Gasteiger partial charge is 0.335 e. The molecular weight excluding hydrogens is 504 g/mol. The zero-order valence-electron chi connectivity index (χ0n) is 24.1. The molecular formula is C37H34N2O2. The lowest BCUT2D eigenvalue weighted by molar-refractivity contribution is -0.384. The van der Waals surface area contributed by atoms with Crippen LogP contribution < -0.4 is 0 Å². The molecule has 1 aromatic heterocycles. The number of nitro benzene ring substituents is 1. The van der Waals surface area contributed by atoms with E-state index >= 15 is 0 Å². The molecule has 1 heterocycles. The zero-order chi connectivity index (χ0) is 28.5. The van der Waals surface area contributed by atoms with Gasteiger partial charge in [-0.15, -0.1) is 0 Å². The van der Waals surface area contributed by atoms with Crippen molar-refractivity contribution in [3.63, 3.8) is 0 Å². The maximum Gasteiger partial charge on any atom is 0.277 e. The number of nitro groups is 1. The van der Waals surface area contributed by atoms with E-state index in [-0.39, 0.29) is 21.4 Å². The fourth-order valence-corrected chi connectivity index (χ4v) is 6.95. The lowest BCUT2D eigenvalue weighted by Gasteiger charge is -2.41. The van der Waals surface area contributed by atoms with Gasteiger partial charge in [-0.3, -0.25) is 10.1 Å². The van der Waals surface area contributed by atoms with Gasteiger partial charge in [0.15, 0.2) is 0 Å². The number of rotatable bonds is 4. The summed E-state index contributed by atoms with van der Waals surface area (Å²) in [5.41, 5.74) is 7.46. The van der Waals surface area contributed by atoms with E-state index in [1.54, 1.807) is 0 Å². The first-order valence-corrected chi connectivity index (χ1v) is 14.5. The number of hydrogen-bond donors (Lipinski definition) is 0. The van der Waals surface area contributed by atoms with Gasteiger partial charge in [0.05, 0.1) is 21.5 Å². The Hall–Kier alpha value is -4.44. The van der Waals surface area contributed by atoms with Crippen molar-refractivity contribution in [1.29, 1.82) is 0 Å². The normalized spacial score (nSPS) is 15.8. The van der Waals surface area contributed by atoms with Crippen molar-refractivity contribution in [2.24, 2.45) is 0 Å². The summed E-state index contributed by atoms with van der Waals surface area (Å²) in [5, 5.41) is 17.3. The molecule has 0 atom stereocenters. The predicted octanol–water partition coefficient (Wildman–Crippen LogP) is 9.92. The number of benzene rings is 5. The monoisotopic (exact) mass is 538 g/mol. The molecule has 1 aliphatic rings. The van der Waals surface area contributed by atoms with Gasteiger partial charge in [-0.05, 0) is 63.4 Å². The van der Waals surface area contributed by atoms with Gasteiger partial charge < -0.3 is 4.57 Å². The van der Waals surface area contributed by atoms with Crippen LogP contribution in [-0.2, 0) is 17.4 Å². The molecule has 7 rings (SSSR count). The third-order valence-electron chi connectivity index (χ3n) is 9.41. The minimum atomic E-state index is -0.204. The third kappa shape index (κ3) is 4.04. The minimum Gasteiger partial charge on any atom is -0.335 e. The highest BCUT2D eigenvalue weighted by Gasteiger charge is 2.39. The summed E-state index contributed by atoms with van der Waals surface area (Å²) in [7, 11) is 0. The first-order chi connectivity index (χ1) is 19.6. The van der Waals surface area contributed by atoms with E-state index in [1.807, 2.05) is 12.1 Å². The average Bonchev–Trinajstić information content (AvgIpc) is 3.28. The van der Waals surface area contributed by atoms with Crippen LogP contribution in [-0.4, -0.2) is 9.49 Å². The first-order valence-electron chi connectivity index (χ1n) is 14.5. The zero-order valence-corrected chi connectivity index (χ0v) is 24.1. The van der Waals surface area contributed by atoms with Crippen molar-refractivity contribution in [2.45, 2.75) is 57.9 Å². The molecule has 0 aliphatic heterocycles. The van der Waals surface area contributed by atoms with Crippen LogP contribution in [0, 0.1) is 10.1 Å². The van der Waals surface area contributed by atoms with Gasteiger partial charge in [-0.2, -0.15) is 0 Å². The van der Waals surface area contributed by atoms with Crippen molar-refractivity contribution in [2.75, 3.05) is 0 Å². The van der Waals surface area contributed by atoms with Crippen molar-refractivity contribution >= 4 is 38.3 Å². The molecule has 0 spiro atoms. The Bertz CT molecular complexity index is 2000. The number of aromatic nitrogens is 1. The molecule has 4 heteroatoms. The lowest BCUT2D eigenvalue weighted by atomic mass is 9.62. The number of fused-ring (bicyclic) bond motifs is 6. The second-order valence-corrected chi connectivity index (χ2v) is 12.9. The van der Waals surface area contributed by atoms with Crippen LogP contribution in [0.4, 0.5) is 5.69 Å². The summed E-state index contributed by atoms with van der Waals surface area (Å²) in [4.78, 5) is 12.3. The fraction of sp³-hybridized carbons (Fsp3) is 0.243. The van der Waals surface area contributed by atoms with Gasteiger partial charge >= 0.3 is 0 Å². The molecule has 6 aromatic rings. The molecule has 0 bridgehead atoms. The Morgan fingerprint density at radius 2 is 1.39 bits per heavy atom. The lowest BCUT2D eigenvalue weighted by Crippen LogP contribution is -2.34. The Labute approximate surface area is 240 Å². The van der Waals surface area contributed by atoms with Crippen molar-refractivity contribution in [1.82, 2.24) is 4.57 Å². The van der Waals surface area contributed by atoms with E-state index in [2.05, 4.69) is 117 Å². The van der Waals surface area contributed by atoms with Gasteiger partial charge in [0, 0.05) is 28.8 Å². The molecule has 5 aromatic carbocycles. The van der Waals surface area contributed by atoms with E-state index in [0.717, 1.165) is 34.9 Å². The van der Waals surface area contributed by atoms with Gasteiger partial charge in [0.2, 0.25) is 0 Å².